The Kier molecular flexibility index (Phi) is 3.61. The Bertz CT molecular complexity index is 238. The van der Waals surface area contributed by atoms with Crippen LogP contribution in [-0.4, -0.2) is 12.8 Å². The molecule has 1 atom stereocenters. The predicted molar refractivity (Wildman–Crippen MR) is 42.6 cm³/mol. The summed E-state index contributed by atoms with van der Waals surface area (Å²) in [6.45, 7) is 0. The lowest BCUT2D eigenvalue weighted by atomic mass is 10.3. The van der Waals surface area contributed by atoms with Gasteiger partial charge in [-0.05, 0) is 12.1 Å². The van der Waals surface area contributed by atoms with Crippen LogP contribution >= 0.6 is 0 Å². The fraction of sp³-hybridized carbons (Fsp3) is 0.333. The van der Waals surface area contributed by atoms with Gasteiger partial charge in [-0.25, -0.2) is 13.2 Å². The largest absolute Gasteiger partial charge is 0.460 e. The van der Waals surface area contributed by atoms with Crippen LogP contribution in [0.2, 0.25) is 0 Å². The van der Waals surface area contributed by atoms with Gasteiger partial charge in [-0.15, -0.1) is 0 Å². The molecule has 1 aromatic carbocycles. The standard InChI is InChI=1S/C9H9F3O/c10-8(11)6-9(12)13-7-4-2-1-3-5-7/h1-5,8-9H,6H2. The van der Waals surface area contributed by atoms with Crippen molar-refractivity contribution in [1.29, 1.82) is 0 Å². The lowest BCUT2D eigenvalue weighted by Crippen LogP contribution is -2.13. The number of halogens is 3. The van der Waals surface area contributed by atoms with Gasteiger partial charge in [-0.1, -0.05) is 18.2 Å². The molecule has 0 fully saturated rings. The summed E-state index contributed by atoms with van der Waals surface area (Å²) in [5.41, 5.74) is 0. The van der Waals surface area contributed by atoms with E-state index in [0.717, 1.165) is 0 Å². The highest BCUT2D eigenvalue weighted by Crippen LogP contribution is 2.15. The molecule has 13 heavy (non-hydrogen) atoms. The minimum atomic E-state index is -2.68. The molecule has 72 valence electrons. The van der Waals surface area contributed by atoms with Crippen LogP contribution in [0.25, 0.3) is 0 Å². The van der Waals surface area contributed by atoms with Crippen molar-refractivity contribution >= 4 is 0 Å². The van der Waals surface area contributed by atoms with Gasteiger partial charge in [-0.3, -0.25) is 0 Å². The van der Waals surface area contributed by atoms with Crippen molar-refractivity contribution in [2.24, 2.45) is 0 Å². The zero-order valence-corrected chi connectivity index (χ0v) is 6.79. The SMILES string of the molecule is FC(F)CC(F)Oc1ccccc1. The minimum Gasteiger partial charge on any atom is -0.460 e. The third-order valence-corrected chi connectivity index (χ3v) is 1.37. The minimum absolute atomic E-state index is 0.260. The van der Waals surface area contributed by atoms with Crippen molar-refractivity contribution in [1.82, 2.24) is 0 Å². The first kappa shape index (κ1) is 9.89. The average Bonchev–Trinajstić information content (AvgIpc) is 2.04. The highest BCUT2D eigenvalue weighted by molar-refractivity contribution is 5.20. The number of benzene rings is 1. The molecular weight excluding hydrogens is 181 g/mol. The molecule has 0 saturated heterocycles. The molecule has 4 heteroatoms. The van der Waals surface area contributed by atoms with Crippen LogP contribution in [0.4, 0.5) is 13.2 Å². The first-order valence-corrected chi connectivity index (χ1v) is 3.82. The molecular formula is C9H9F3O. The highest BCUT2D eigenvalue weighted by Gasteiger charge is 2.14. The lowest BCUT2D eigenvalue weighted by molar-refractivity contribution is 0.00215. The zero-order valence-electron chi connectivity index (χ0n) is 6.79. The monoisotopic (exact) mass is 190 g/mol. The van der Waals surface area contributed by atoms with Gasteiger partial charge in [-0.2, -0.15) is 0 Å². The highest BCUT2D eigenvalue weighted by atomic mass is 19.3. The van der Waals surface area contributed by atoms with E-state index in [1.54, 1.807) is 18.2 Å². The Morgan fingerprint density at radius 2 is 1.69 bits per heavy atom. The number of alkyl halides is 3. The van der Waals surface area contributed by atoms with Gasteiger partial charge in [0.1, 0.15) is 5.75 Å². The average molecular weight is 190 g/mol. The van der Waals surface area contributed by atoms with E-state index >= 15 is 0 Å². The second-order valence-electron chi connectivity index (χ2n) is 2.47. The summed E-state index contributed by atoms with van der Waals surface area (Å²) >= 11 is 0. The van der Waals surface area contributed by atoms with E-state index in [9.17, 15) is 13.2 Å². The van der Waals surface area contributed by atoms with Gasteiger partial charge in [0.05, 0.1) is 6.42 Å². The molecule has 1 aromatic rings. The first-order valence-electron chi connectivity index (χ1n) is 3.82. The first-order chi connectivity index (χ1) is 6.18. The summed E-state index contributed by atoms with van der Waals surface area (Å²) in [5.74, 6) is 0.260. The molecule has 1 unspecified atom stereocenters. The Labute approximate surface area is 74.1 Å². The Morgan fingerprint density at radius 1 is 1.08 bits per heavy atom. The van der Waals surface area contributed by atoms with E-state index in [2.05, 4.69) is 4.74 Å². The second kappa shape index (κ2) is 4.74. The summed E-state index contributed by atoms with van der Waals surface area (Å²) in [4.78, 5) is 0. The van der Waals surface area contributed by atoms with Crippen LogP contribution in [0.5, 0.6) is 5.75 Å². The van der Waals surface area contributed by atoms with Gasteiger partial charge in [0.15, 0.2) is 0 Å². The van der Waals surface area contributed by atoms with Crippen molar-refractivity contribution < 1.29 is 17.9 Å². The van der Waals surface area contributed by atoms with Gasteiger partial charge in [0, 0.05) is 0 Å². The van der Waals surface area contributed by atoms with Crippen molar-refractivity contribution in [3.8, 4) is 5.75 Å². The summed E-state index contributed by atoms with van der Waals surface area (Å²) in [6, 6.07) is 8.04. The number of hydrogen-bond donors (Lipinski definition) is 0. The Balaban J connectivity index is 2.41. The molecule has 0 aromatic heterocycles. The summed E-state index contributed by atoms with van der Waals surface area (Å²) in [6.07, 6.45) is -5.52. The molecule has 0 bridgehead atoms. The van der Waals surface area contributed by atoms with E-state index < -0.39 is 19.2 Å². The van der Waals surface area contributed by atoms with Gasteiger partial charge >= 0.3 is 0 Å². The van der Waals surface area contributed by atoms with Crippen LogP contribution in [0.1, 0.15) is 6.42 Å². The van der Waals surface area contributed by atoms with Gasteiger partial charge < -0.3 is 4.74 Å². The molecule has 1 rings (SSSR count). The van der Waals surface area contributed by atoms with Crippen LogP contribution in [0.15, 0.2) is 30.3 Å². The number of rotatable bonds is 4. The van der Waals surface area contributed by atoms with Gasteiger partial charge in [0.25, 0.3) is 0 Å². The molecule has 0 aliphatic heterocycles. The third kappa shape index (κ3) is 3.83. The fourth-order valence-corrected chi connectivity index (χ4v) is 0.835. The van der Waals surface area contributed by atoms with E-state index in [1.165, 1.54) is 12.1 Å². The fourth-order valence-electron chi connectivity index (χ4n) is 0.835. The van der Waals surface area contributed by atoms with Crippen LogP contribution < -0.4 is 4.74 Å². The van der Waals surface area contributed by atoms with Crippen LogP contribution in [-0.2, 0) is 0 Å². The molecule has 0 heterocycles. The smallest absolute Gasteiger partial charge is 0.244 e. The molecule has 0 spiro atoms. The topological polar surface area (TPSA) is 9.23 Å². The number of para-hydroxylation sites is 1. The molecule has 0 aliphatic rings. The molecule has 0 saturated carbocycles. The number of ether oxygens (including phenoxy) is 1. The molecule has 0 amide bonds. The van der Waals surface area contributed by atoms with Crippen LogP contribution in [0.3, 0.4) is 0 Å². The maximum absolute atomic E-state index is 12.6. The lowest BCUT2D eigenvalue weighted by Gasteiger charge is -2.10. The van der Waals surface area contributed by atoms with E-state index in [0.29, 0.717) is 0 Å². The van der Waals surface area contributed by atoms with E-state index in [4.69, 9.17) is 0 Å². The van der Waals surface area contributed by atoms with Crippen LogP contribution in [0, 0.1) is 0 Å². The van der Waals surface area contributed by atoms with Crippen molar-refractivity contribution in [3.63, 3.8) is 0 Å². The molecule has 1 nitrogen and oxygen atoms in total. The van der Waals surface area contributed by atoms with Crippen molar-refractivity contribution in [3.05, 3.63) is 30.3 Å². The number of hydrogen-bond acceptors (Lipinski definition) is 1. The molecule has 0 aliphatic carbocycles. The maximum Gasteiger partial charge on any atom is 0.244 e. The Morgan fingerprint density at radius 3 is 2.23 bits per heavy atom. The van der Waals surface area contributed by atoms with E-state index in [-0.39, 0.29) is 5.75 Å². The maximum atomic E-state index is 12.6. The molecule has 0 N–H and O–H groups in total. The third-order valence-electron chi connectivity index (χ3n) is 1.37. The summed E-state index contributed by atoms with van der Waals surface area (Å²) in [7, 11) is 0. The van der Waals surface area contributed by atoms with Gasteiger partial charge in [0.2, 0.25) is 12.8 Å². The quantitative estimate of drug-likeness (QED) is 0.709. The molecule has 0 radical (unpaired) electrons. The summed E-state index contributed by atoms with van der Waals surface area (Å²) < 4.78 is 40.6. The zero-order chi connectivity index (χ0) is 9.68. The second-order valence-corrected chi connectivity index (χ2v) is 2.47. The Hall–Kier alpha value is -1.19. The van der Waals surface area contributed by atoms with Crippen molar-refractivity contribution in [2.75, 3.05) is 0 Å². The normalized spacial score (nSPS) is 12.9. The summed E-state index contributed by atoms with van der Waals surface area (Å²) in [5, 5.41) is 0. The van der Waals surface area contributed by atoms with E-state index in [1.807, 2.05) is 0 Å². The predicted octanol–water partition coefficient (Wildman–Crippen LogP) is 3.02. The van der Waals surface area contributed by atoms with Crippen molar-refractivity contribution in [2.45, 2.75) is 19.2 Å².